The van der Waals surface area contributed by atoms with E-state index in [1.54, 1.807) is 0 Å². The lowest BCUT2D eigenvalue weighted by Gasteiger charge is -1.90. The van der Waals surface area contributed by atoms with Gasteiger partial charge < -0.3 is 0 Å². The molecule has 0 heterocycles. The Morgan fingerprint density at radius 2 is 1.60 bits per heavy atom. The van der Waals surface area contributed by atoms with E-state index in [0.717, 1.165) is 0 Å². The fraction of sp³-hybridized carbons (Fsp3) is 1.00. The van der Waals surface area contributed by atoms with Crippen molar-refractivity contribution in [2.75, 3.05) is 13.3 Å². The molecule has 2 radical (unpaired) electrons. The standard InChI is InChI=1S/C3H9PSi/c1-4(2)5-3/h1-3H3. The second-order valence-corrected chi connectivity index (χ2v) is 7.38. The first kappa shape index (κ1) is 5.65. The lowest BCUT2D eigenvalue weighted by molar-refractivity contribution is 2.24. The van der Waals surface area contributed by atoms with Gasteiger partial charge in [0.2, 0.25) is 0 Å². The van der Waals surface area contributed by atoms with E-state index in [0.29, 0.717) is 7.47 Å². The zero-order valence-electron chi connectivity index (χ0n) is 3.95. The van der Waals surface area contributed by atoms with Crippen LogP contribution in [-0.4, -0.2) is 22.5 Å². The minimum absolute atomic E-state index is 0.430. The third kappa shape index (κ3) is 4.65. The Kier molecular flexibility index (Phi) is 3.23. The maximum atomic E-state index is 2.30. The Balaban J connectivity index is 2.54. The summed E-state index contributed by atoms with van der Waals surface area (Å²) in [5.41, 5.74) is 0. The summed E-state index contributed by atoms with van der Waals surface area (Å²) in [4.78, 5) is 0. The van der Waals surface area contributed by atoms with Gasteiger partial charge in [-0.3, -0.25) is 0 Å². The van der Waals surface area contributed by atoms with E-state index < -0.39 is 0 Å². The van der Waals surface area contributed by atoms with Crippen molar-refractivity contribution in [2.45, 2.75) is 6.55 Å². The minimum Gasteiger partial charge on any atom is -0.129 e. The summed E-state index contributed by atoms with van der Waals surface area (Å²) in [7, 11) is 1.61. The summed E-state index contributed by atoms with van der Waals surface area (Å²) in [6.07, 6.45) is 0. The van der Waals surface area contributed by atoms with Gasteiger partial charge in [0.25, 0.3) is 0 Å². The average molecular weight is 104 g/mol. The number of hydrogen-bond donors (Lipinski definition) is 0. The van der Waals surface area contributed by atoms with Gasteiger partial charge in [0.05, 0.1) is 9.19 Å². The van der Waals surface area contributed by atoms with Crippen molar-refractivity contribution in [3.63, 3.8) is 0 Å². The predicted octanol–water partition coefficient (Wildman–Crippen LogP) is 1.40. The van der Waals surface area contributed by atoms with Crippen molar-refractivity contribution in [3.05, 3.63) is 0 Å². The minimum atomic E-state index is 0.430. The molecule has 0 bridgehead atoms. The molecule has 0 aromatic rings. The molecule has 0 rings (SSSR count). The van der Waals surface area contributed by atoms with Crippen LogP contribution in [0.3, 0.4) is 0 Å². The molecule has 0 atom stereocenters. The van der Waals surface area contributed by atoms with Crippen LogP contribution in [-0.2, 0) is 0 Å². The summed E-state index contributed by atoms with van der Waals surface area (Å²) in [6.45, 7) is 6.85. The second-order valence-electron chi connectivity index (χ2n) is 1.12. The van der Waals surface area contributed by atoms with Gasteiger partial charge >= 0.3 is 0 Å². The van der Waals surface area contributed by atoms with E-state index >= 15 is 0 Å². The summed E-state index contributed by atoms with van der Waals surface area (Å²) >= 11 is 0. The zero-order valence-corrected chi connectivity index (χ0v) is 5.84. The van der Waals surface area contributed by atoms with Gasteiger partial charge in [-0.15, -0.1) is 7.47 Å². The van der Waals surface area contributed by atoms with Crippen molar-refractivity contribution in [1.82, 2.24) is 0 Å². The molecular formula is C3H9PSi. The molecule has 0 aromatic heterocycles. The third-order valence-corrected chi connectivity index (χ3v) is 4.02. The molecule has 2 heteroatoms. The van der Waals surface area contributed by atoms with Crippen LogP contribution < -0.4 is 0 Å². The van der Waals surface area contributed by atoms with Crippen LogP contribution in [0.1, 0.15) is 0 Å². The van der Waals surface area contributed by atoms with Gasteiger partial charge in [-0.2, -0.15) is 0 Å². The van der Waals surface area contributed by atoms with E-state index in [-0.39, 0.29) is 0 Å². The molecule has 0 spiro atoms. The van der Waals surface area contributed by atoms with Gasteiger partial charge in [0.1, 0.15) is 0 Å². The Hall–Kier alpha value is 0.647. The summed E-state index contributed by atoms with van der Waals surface area (Å²) in [6, 6.07) is 0. The highest BCUT2D eigenvalue weighted by molar-refractivity contribution is 7.84. The number of hydrogen-bond acceptors (Lipinski definition) is 0. The van der Waals surface area contributed by atoms with Gasteiger partial charge in [-0.25, -0.2) is 0 Å². The van der Waals surface area contributed by atoms with Gasteiger partial charge in [-0.05, 0) is 13.3 Å². The predicted molar refractivity (Wildman–Crippen MR) is 30.4 cm³/mol. The first-order valence-corrected chi connectivity index (χ1v) is 6.20. The maximum absolute atomic E-state index is 2.30. The lowest BCUT2D eigenvalue weighted by atomic mass is 11.9. The van der Waals surface area contributed by atoms with Crippen LogP contribution >= 0.6 is 7.47 Å². The van der Waals surface area contributed by atoms with E-state index in [1.807, 2.05) is 0 Å². The Bertz CT molecular complexity index is 20.9. The Morgan fingerprint density at radius 3 is 1.60 bits per heavy atom. The van der Waals surface area contributed by atoms with Crippen molar-refractivity contribution >= 4 is 16.7 Å². The van der Waals surface area contributed by atoms with Crippen LogP contribution in [0.2, 0.25) is 6.55 Å². The summed E-state index contributed by atoms with van der Waals surface area (Å²) in [5.74, 6) is 0. The van der Waals surface area contributed by atoms with E-state index in [9.17, 15) is 0 Å². The highest BCUT2D eigenvalue weighted by atomic mass is 31.4. The van der Waals surface area contributed by atoms with Gasteiger partial charge in [-0.1, -0.05) is 6.55 Å². The first-order valence-electron chi connectivity index (χ1n) is 1.62. The van der Waals surface area contributed by atoms with Gasteiger partial charge in [0, 0.05) is 0 Å². The molecule has 0 N–H and O–H groups in total. The quantitative estimate of drug-likeness (QED) is 0.348. The number of rotatable bonds is 1. The van der Waals surface area contributed by atoms with Gasteiger partial charge in [0.15, 0.2) is 0 Å². The molecule has 0 aliphatic heterocycles. The largest absolute Gasteiger partial charge is 0.129 e. The third-order valence-electron chi connectivity index (χ3n) is 0.447. The molecule has 0 saturated heterocycles. The molecular weight excluding hydrogens is 95.1 g/mol. The molecule has 0 aromatic carbocycles. The fourth-order valence-electron chi connectivity index (χ4n) is 0. The Labute approximate surface area is 37.4 Å². The van der Waals surface area contributed by atoms with Crippen LogP contribution in [0, 0.1) is 0 Å². The normalized spacial score (nSPS) is 9.60. The first-order chi connectivity index (χ1) is 2.27. The van der Waals surface area contributed by atoms with E-state index in [2.05, 4.69) is 19.9 Å². The Morgan fingerprint density at radius 1 is 1.40 bits per heavy atom. The highest BCUT2D eigenvalue weighted by Crippen LogP contribution is 2.19. The summed E-state index contributed by atoms with van der Waals surface area (Å²) < 4.78 is 0. The van der Waals surface area contributed by atoms with Crippen molar-refractivity contribution in [3.8, 4) is 0 Å². The van der Waals surface area contributed by atoms with Crippen LogP contribution in [0.4, 0.5) is 0 Å². The zero-order chi connectivity index (χ0) is 4.28. The molecule has 30 valence electrons. The topological polar surface area (TPSA) is 0 Å². The highest BCUT2D eigenvalue weighted by Gasteiger charge is 1.80. The lowest BCUT2D eigenvalue weighted by Crippen LogP contribution is -1.71. The molecule has 5 heavy (non-hydrogen) atoms. The second kappa shape index (κ2) is 2.86. The molecule has 0 fully saturated rings. The molecule has 0 amide bonds. The fourth-order valence-corrected chi connectivity index (χ4v) is 0. The SMILES string of the molecule is C[Si]P(C)C. The van der Waals surface area contributed by atoms with Crippen molar-refractivity contribution < 1.29 is 0 Å². The smallest absolute Gasteiger partial charge is 0.0709 e. The van der Waals surface area contributed by atoms with Crippen molar-refractivity contribution in [2.24, 2.45) is 0 Å². The molecule has 0 aliphatic carbocycles. The molecule has 0 unspecified atom stereocenters. The van der Waals surface area contributed by atoms with E-state index in [4.69, 9.17) is 0 Å². The maximum Gasteiger partial charge on any atom is 0.0709 e. The molecule has 0 saturated carbocycles. The van der Waals surface area contributed by atoms with Crippen LogP contribution in [0.25, 0.3) is 0 Å². The summed E-state index contributed by atoms with van der Waals surface area (Å²) in [5, 5.41) is 0. The van der Waals surface area contributed by atoms with Crippen LogP contribution in [0.5, 0.6) is 0 Å². The van der Waals surface area contributed by atoms with Crippen LogP contribution in [0.15, 0.2) is 0 Å². The van der Waals surface area contributed by atoms with Crippen molar-refractivity contribution in [1.29, 1.82) is 0 Å². The van der Waals surface area contributed by atoms with E-state index in [1.165, 1.54) is 9.19 Å². The molecule has 0 nitrogen and oxygen atoms in total. The molecule has 0 aliphatic rings. The average Bonchev–Trinajstić information content (AvgIpc) is 1.38. The monoisotopic (exact) mass is 104 g/mol.